The topological polar surface area (TPSA) is 46.2 Å². The van der Waals surface area contributed by atoms with Gasteiger partial charge in [0, 0.05) is 6.04 Å². The van der Waals surface area contributed by atoms with E-state index < -0.39 is 9.84 Å². The molecule has 82 valence electrons. The molecule has 3 nitrogen and oxygen atoms in total. The van der Waals surface area contributed by atoms with Gasteiger partial charge in [0.1, 0.15) is 0 Å². The van der Waals surface area contributed by atoms with Crippen LogP contribution in [0, 0.1) is 0 Å². The second kappa shape index (κ2) is 3.77. The molecule has 1 N–H and O–H groups in total. The molecule has 0 bridgehead atoms. The summed E-state index contributed by atoms with van der Waals surface area (Å²) in [6.07, 6.45) is 0. The summed E-state index contributed by atoms with van der Waals surface area (Å²) in [5.74, 6) is 0.111. The Morgan fingerprint density at radius 1 is 1.53 bits per heavy atom. The molecule has 0 aromatic heterocycles. The van der Waals surface area contributed by atoms with E-state index in [1.807, 2.05) is 13.0 Å². The van der Waals surface area contributed by atoms with Gasteiger partial charge in [-0.3, -0.25) is 0 Å². The lowest BCUT2D eigenvalue weighted by Gasteiger charge is -2.09. The van der Waals surface area contributed by atoms with Gasteiger partial charge in [-0.1, -0.05) is 30.7 Å². The molecule has 1 atom stereocenters. The Balaban J connectivity index is 2.58. The van der Waals surface area contributed by atoms with Crippen LogP contribution in [-0.2, 0) is 9.84 Å². The van der Waals surface area contributed by atoms with E-state index in [9.17, 15) is 8.42 Å². The van der Waals surface area contributed by atoms with Gasteiger partial charge < -0.3 is 5.32 Å². The fourth-order valence-corrected chi connectivity index (χ4v) is 4.31. The summed E-state index contributed by atoms with van der Waals surface area (Å²) in [5.41, 5.74) is 0.796. The molecule has 1 aromatic carbocycles. The lowest BCUT2D eigenvalue weighted by Crippen LogP contribution is -2.22. The smallest absolute Gasteiger partial charge is 0.182 e. The first-order chi connectivity index (χ1) is 7.06. The van der Waals surface area contributed by atoms with Crippen molar-refractivity contribution in [2.45, 2.75) is 17.9 Å². The molecule has 1 aliphatic heterocycles. The predicted octanol–water partition coefficient (Wildman–Crippen LogP) is 1.78. The molecule has 1 unspecified atom stereocenters. The summed E-state index contributed by atoms with van der Waals surface area (Å²) in [6.45, 7) is 2.70. The van der Waals surface area contributed by atoms with Gasteiger partial charge in [-0.2, -0.15) is 0 Å². The maximum Gasteiger partial charge on any atom is 0.182 e. The first-order valence-electron chi connectivity index (χ1n) is 4.81. The number of halogens is 1. The summed E-state index contributed by atoms with van der Waals surface area (Å²) in [6, 6.07) is 5.10. The standard InChI is InChI=1S/C10H12ClNO2S/c1-2-12-9-6-15(13,14)10-7(9)4-3-5-8(10)11/h3-5,9,12H,2,6H2,1H3. The van der Waals surface area contributed by atoms with E-state index in [0.29, 0.717) is 9.92 Å². The van der Waals surface area contributed by atoms with Gasteiger partial charge in [0.25, 0.3) is 0 Å². The van der Waals surface area contributed by atoms with Crippen LogP contribution >= 0.6 is 11.6 Å². The number of fused-ring (bicyclic) bond motifs is 1. The summed E-state index contributed by atoms with van der Waals surface area (Å²) in [4.78, 5) is 0.303. The second-order valence-electron chi connectivity index (χ2n) is 3.55. The number of sulfone groups is 1. The monoisotopic (exact) mass is 245 g/mol. The van der Waals surface area contributed by atoms with E-state index >= 15 is 0 Å². The van der Waals surface area contributed by atoms with Crippen LogP contribution in [0.5, 0.6) is 0 Å². The molecule has 0 amide bonds. The second-order valence-corrected chi connectivity index (χ2v) is 5.93. The van der Waals surface area contributed by atoms with Crippen LogP contribution in [0.1, 0.15) is 18.5 Å². The lowest BCUT2D eigenvalue weighted by atomic mass is 10.1. The fourth-order valence-electron chi connectivity index (χ4n) is 1.94. The van der Waals surface area contributed by atoms with Gasteiger partial charge in [0.05, 0.1) is 15.7 Å². The largest absolute Gasteiger partial charge is 0.309 e. The van der Waals surface area contributed by atoms with Crippen molar-refractivity contribution in [3.63, 3.8) is 0 Å². The Bertz CT molecular complexity index is 484. The van der Waals surface area contributed by atoms with E-state index in [1.165, 1.54) is 0 Å². The molecule has 1 heterocycles. The zero-order chi connectivity index (χ0) is 11.1. The predicted molar refractivity (Wildman–Crippen MR) is 59.9 cm³/mol. The molecule has 2 rings (SSSR count). The van der Waals surface area contributed by atoms with Crippen molar-refractivity contribution in [1.29, 1.82) is 0 Å². The lowest BCUT2D eigenvalue weighted by molar-refractivity contribution is 0.579. The average Bonchev–Trinajstić information content (AvgIpc) is 2.40. The third kappa shape index (κ3) is 1.77. The first kappa shape index (κ1) is 10.9. The van der Waals surface area contributed by atoms with Crippen LogP contribution in [0.3, 0.4) is 0 Å². The minimum absolute atomic E-state index is 0.111. The highest BCUT2D eigenvalue weighted by Gasteiger charge is 2.35. The molecule has 15 heavy (non-hydrogen) atoms. The van der Waals surface area contributed by atoms with Gasteiger partial charge >= 0.3 is 0 Å². The quantitative estimate of drug-likeness (QED) is 0.864. The SMILES string of the molecule is CCNC1CS(=O)(=O)c2c(Cl)cccc21. The van der Waals surface area contributed by atoms with E-state index in [1.54, 1.807) is 12.1 Å². The number of hydrogen-bond donors (Lipinski definition) is 1. The fraction of sp³-hybridized carbons (Fsp3) is 0.400. The maximum absolute atomic E-state index is 11.8. The Labute approximate surface area is 94.4 Å². The highest BCUT2D eigenvalue weighted by atomic mass is 35.5. The van der Waals surface area contributed by atoms with Gasteiger partial charge in [-0.05, 0) is 18.2 Å². The van der Waals surface area contributed by atoms with Gasteiger partial charge in [0.15, 0.2) is 9.84 Å². The highest BCUT2D eigenvalue weighted by molar-refractivity contribution is 7.92. The minimum Gasteiger partial charge on any atom is -0.309 e. The van der Waals surface area contributed by atoms with Crippen molar-refractivity contribution in [3.05, 3.63) is 28.8 Å². The van der Waals surface area contributed by atoms with Crippen molar-refractivity contribution in [2.75, 3.05) is 12.3 Å². The number of nitrogens with one attached hydrogen (secondary N) is 1. The van der Waals surface area contributed by atoms with Crippen LogP contribution in [-0.4, -0.2) is 20.7 Å². The van der Waals surface area contributed by atoms with Crippen molar-refractivity contribution in [1.82, 2.24) is 5.32 Å². The summed E-state index contributed by atoms with van der Waals surface area (Å²) in [7, 11) is -3.20. The average molecular weight is 246 g/mol. The third-order valence-electron chi connectivity index (χ3n) is 2.52. The number of benzene rings is 1. The maximum atomic E-state index is 11.8. The number of rotatable bonds is 2. The molecule has 0 fully saturated rings. The van der Waals surface area contributed by atoms with Crippen LogP contribution in [0.4, 0.5) is 0 Å². The van der Waals surface area contributed by atoms with Crippen molar-refractivity contribution in [2.24, 2.45) is 0 Å². The molecule has 0 aliphatic carbocycles. The van der Waals surface area contributed by atoms with Crippen LogP contribution < -0.4 is 5.32 Å². The molecule has 0 saturated carbocycles. The van der Waals surface area contributed by atoms with Crippen molar-refractivity contribution < 1.29 is 8.42 Å². The number of hydrogen-bond acceptors (Lipinski definition) is 3. The van der Waals surface area contributed by atoms with Gasteiger partial charge in [-0.15, -0.1) is 0 Å². The van der Waals surface area contributed by atoms with E-state index in [0.717, 1.165) is 12.1 Å². The molecule has 1 aromatic rings. The molecule has 0 saturated heterocycles. The summed E-state index contributed by atoms with van der Waals surface area (Å²) in [5, 5.41) is 3.47. The summed E-state index contributed by atoms with van der Waals surface area (Å²) < 4.78 is 23.7. The molecular formula is C10H12ClNO2S. The zero-order valence-electron chi connectivity index (χ0n) is 8.33. The van der Waals surface area contributed by atoms with Crippen molar-refractivity contribution in [3.8, 4) is 0 Å². The van der Waals surface area contributed by atoms with Crippen LogP contribution in [0.15, 0.2) is 23.1 Å². The molecule has 0 radical (unpaired) electrons. The Morgan fingerprint density at radius 3 is 2.93 bits per heavy atom. The summed E-state index contributed by atoms with van der Waals surface area (Å²) >= 11 is 5.91. The third-order valence-corrected chi connectivity index (χ3v) is 4.80. The normalized spacial score (nSPS) is 22.7. The van der Waals surface area contributed by atoms with Gasteiger partial charge in [0.2, 0.25) is 0 Å². The van der Waals surface area contributed by atoms with Crippen LogP contribution in [0.25, 0.3) is 0 Å². The Hall–Kier alpha value is -0.580. The van der Waals surface area contributed by atoms with Crippen molar-refractivity contribution >= 4 is 21.4 Å². The zero-order valence-corrected chi connectivity index (χ0v) is 9.90. The van der Waals surface area contributed by atoms with E-state index in [4.69, 9.17) is 11.6 Å². The molecule has 5 heteroatoms. The van der Waals surface area contributed by atoms with E-state index in [2.05, 4.69) is 5.32 Å². The molecule has 0 spiro atoms. The first-order valence-corrected chi connectivity index (χ1v) is 6.84. The molecule has 1 aliphatic rings. The highest BCUT2D eigenvalue weighted by Crippen LogP contribution is 2.37. The Morgan fingerprint density at radius 2 is 2.27 bits per heavy atom. The Kier molecular flexibility index (Phi) is 2.75. The molecular weight excluding hydrogens is 234 g/mol. The van der Waals surface area contributed by atoms with Crippen LogP contribution in [0.2, 0.25) is 5.02 Å². The van der Waals surface area contributed by atoms with Gasteiger partial charge in [-0.25, -0.2) is 8.42 Å². The minimum atomic E-state index is -3.20. The van der Waals surface area contributed by atoms with E-state index in [-0.39, 0.29) is 11.8 Å².